The van der Waals surface area contributed by atoms with Gasteiger partial charge in [0.15, 0.2) is 12.2 Å². The summed E-state index contributed by atoms with van der Waals surface area (Å²) < 4.78 is 68.2. The largest absolute Gasteiger partial charge is 0.472 e. The highest BCUT2D eigenvalue weighted by atomic mass is 31.2. The van der Waals surface area contributed by atoms with Crippen LogP contribution >= 0.6 is 15.6 Å². The van der Waals surface area contributed by atoms with Gasteiger partial charge in [0, 0.05) is 19.3 Å². The molecule has 0 fully saturated rings. The summed E-state index contributed by atoms with van der Waals surface area (Å²) in [7, 11) is -10.1. The van der Waals surface area contributed by atoms with Crippen molar-refractivity contribution >= 4 is 39.5 Å². The molecule has 592 valence electrons. The van der Waals surface area contributed by atoms with Crippen molar-refractivity contribution in [2.45, 2.75) is 251 Å². The Morgan fingerprint density at radius 1 is 0.283 bits per heavy atom. The van der Waals surface area contributed by atoms with Gasteiger partial charge in [-0.25, -0.2) is 9.13 Å². The number of esters is 4. The molecule has 19 heteroatoms. The molecule has 106 heavy (non-hydrogen) atoms. The molecule has 0 saturated carbocycles. The topological polar surface area (TPSA) is 237 Å². The predicted octanol–water partition coefficient (Wildman–Crippen LogP) is 22.7. The van der Waals surface area contributed by atoms with Crippen molar-refractivity contribution < 1.29 is 80.2 Å². The Bertz CT molecular complexity index is 2930. The van der Waals surface area contributed by atoms with E-state index in [1.54, 1.807) is 12.2 Å². The van der Waals surface area contributed by atoms with Crippen LogP contribution in [0.4, 0.5) is 0 Å². The van der Waals surface area contributed by atoms with Crippen molar-refractivity contribution in [3.63, 3.8) is 0 Å². The van der Waals surface area contributed by atoms with Gasteiger partial charge in [-0.3, -0.25) is 37.3 Å². The minimum absolute atomic E-state index is 0.00451. The quantitative estimate of drug-likeness (QED) is 0.0169. The normalized spacial score (nSPS) is 15.1. The molecule has 0 aromatic carbocycles. The van der Waals surface area contributed by atoms with Gasteiger partial charge >= 0.3 is 39.5 Å². The van der Waals surface area contributed by atoms with E-state index in [1.807, 2.05) is 48.6 Å². The molecule has 0 amide bonds. The molecule has 3 N–H and O–H groups in total. The Labute approximate surface area is 638 Å². The van der Waals surface area contributed by atoms with E-state index in [0.717, 1.165) is 141 Å². The number of phosphoric ester groups is 2. The summed E-state index contributed by atoms with van der Waals surface area (Å²) in [5, 5.41) is 10.6. The third kappa shape index (κ3) is 75.4. The first-order chi connectivity index (χ1) is 51.7. The average molecular weight is 1510 g/mol. The molecule has 0 heterocycles. The van der Waals surface area contributed by atoms with Crippen molar-refractivity contribution in [1.82, 2.24) is 0 Å². The van der Waals surface area contributed by atoms with E-state index in [4.69, 9.17) is 37.0 Å². The number of unbranched alkanes of at least 4 members (excludes halogenated alkanes) is 6. The number of allylic oxidation sites excluding steroid dienone is 37. The molecule has 0 radical (unpaired) electrons. The summed E-state index contributed by atoms with van der Waals surface area (Å²) in [4.78, 5) is 72.8. The zero-order chi connectivity index (χ0) is 77.4. The molecule has 0 bridgehead atoms. The maximum Gasteiger partial charge on any atom is 0.472 e. The molecule has 5 atom stereocenters. The number of aliphatic hydroxyl groups is 1. The van der Waals surface area contributed by atoms with Gasteiger partial charge < -0.3 is 33.8 Å². The summed E-state index contributed by atoms with van der Waals surface area (Å²) in [6.07, 6.45) is 98.2. The van der Waals surface area contributed by atoms with Crippen molar-refractivity contribution in [2.24, 2.45) is 0 Å². The second kappa shape index (κ2) is 76.3. The first-order valence-electron chi connectivity index (χ1n) is 38.6. The second-order valence-electron chi connectivity index (χ2n) is 24.5. The fourth-order valence-electron chi connectivity index (χ4n) is 8.91. The summed E-state index contributed by atoms with van der Waals surface area (Å²) in [5.41, 5.74) is 0. The lowest BCUT2D eigenvalue weighted by Crippen LogP contribution is -2.30. The van der Waals surface area contributed by atoms with Gasteiger partial charge in [0.25, 0.3) is 0 Å². The number of ether oxygens (including phenoxy) is 4. The molecule has 0 saturated heterocycles. The molecule has 0 rings (SSSR count). The zero-order valence-electron chi connectivity index (χ0n) is 64.5. The van der Waals surface area contributed by atoms with Crippen LogP contribution in [0.15, 0.2) is 231 Å². The Balaban J connectivity index is 5.58. The van der Waals surface area contributed by atoms with Gasteiger partial charge in [-0.15, -0.1) is 0 Å². The van der Waals surface area contributed by atoms with Crippen molar-refractivity contribution in [1.29, 1.82) is 0 Å². The lowest BCUT2D eigenvalue weighted by Gasteiger charge is -2.21. The van der Waals surface area contributed by atoms with Crippen LogP contribution in [0.2, 0.25) is 0 Å². The number of phosphoric acid groups is 2. The molecular weight excluding hydrogens is 1380 g/mol. The fourth-order valence-corrected chi connectivity index (χ4v) is 10.5. The van der Waals surface area contributed by atoms with Crippen molar-refractivity contribution in [3.8, 4) is 0 Å². The summed E-state index contributed by atoms with van der Waals surface area (Å²) in [6.45, 7) is 4.09. The van der Waals surface area contributed by atoms with Gasteiger partial charge in [0.1, 0.15) is 19.3 Å². The highest BCUT2D eigenvalue weighted by molar-refractivity contribution is 7.47. The zero-order valence-corrected chi connectivity index (χ0v) is 66.3. The first kappa shape index (κ1) is 99.1. The van der Waals surface area contributed by atoms with Gasteiger partial charge in [0.05, 0.1) is 32.8 Å². The van der Waals surface area contributed by atoms with Crippen LogP contribution in [0.5, 0.6) is 0 Å². The smallest absolute Gasteiger partial charge is 0.462 e. The molecular formula is C87H132O17P2. The van der Waals surface area contributed by atoms with Crippen LogP contribution in [-0.4, -0.2) is 96.7 Å². The summed E-state index contributed by atoms with van der Waals surface area (Å²) in [6, 6.07) is 0. The minimum Gasteiger partial charge on any atom is -0.462 e. The van der Waals surface area contributed by atoms with Gasteiger partial charge in [-0.2, -0.15) is 0 Å². The molecule has 0 aromatic rings. The van der Waals surface area contributed by atoms with Crippen LogP contribution < -0.4 is 0 Å². The van der Waals surface area contributed by atoms with Gasteiger partial charge in [-0.1, -0.05) is 284 Å². The number of rotatable bonds is 69. The van der Waals surface area contributed by atoms with Crippen LogP contribution in [0.1, 0.15) is 233 Å². The molecule has 5 unspecified atom stereocenters. The maximum absolute atomic E-state index is 13.1. The van der Waals surface area contributed by atoms with E-state index < -0.39 is 97.5 Å². The van der Waals surface area contributed by atoms with Gasteiger partial charge in [-0.05, 0) is 154 Å². The highest BCUT2D eigenvalue weighted by Crippen LogP contribution is 2.45. The SMILES string of the molecule is CC/C=C\C/C=C\C/C=C\C/C=C\C/C=C\C/C=C\CCC(=O)OCC(COP(=O)(O)OCC(O)COP(=O)(O)OCC(COC(=O)CC/C=C\C/C=C\C/C=C\C/C=C\C/C=C\C/C=C\CC)OC(=O)CCCCCCC/C=C\C/C=C\CCC)OC(=O)C/C=C\C/C=C\C/C=C\C/C=C\C/C=C\CC. The number of carbonyl (C=O) groups is 4. The number of carbonyl (C=O) groups excluding carboxylic acids is 4. The maximum atomic E-state index is 13.1. The molecule has 0 spiro atoms. The lowest BCUT2D eigenvalue weighted by molar-refractivity contribution is -0.161. The van der Waals surface area contributed by atoms with Crippen molar-refractivity contribution in [3.05, 3.63) is 231 Å². The van der Waals surface area contributed by atoms with E-state index >= 15 is 0 Å². The average Bonchev–Trinajstić information content (AvgIpc) is 0.933. The van der Waals surface area contributed by atoms with E-state index in [0.29, 0.717) is 38.5 Å². The molecule has 0 aliphatic carbocycles. The molecule has 0 aliphatic rings. The number of aliphatic hydroxyl groups excluding tert-OH is 1. The van der Waals surface area contributed by atoms with Crippen molar-refractivity contribution in [2.75, 3.05) is 39.6 Å². The standard InChI is InChI=1S/C87H132O17P2/c1-5-9-13-17-21-25-29-33-36-38-40-42-45-48-51-55-59-63-67-71-84(89)97-77-82(103-86(91)73-69-65-61-57-53-47-32-28-24-20-16-12-8-4)79-101-105(93,94)99-75-81(88)76-100-106(95,96)102-80-83(104-87(92)74-70-66-62-58-54-50-44-35-31-27-23-19-15-11-7-3)78-98-85(90)72-68-64-60-56-52-49-46-43-41-39-37-34-30-26-22-18-14-10-6-2/h9-11,13-16,20-23,25-28,32-37,40-44,48-49,51-52,54,58-60,63-64,66,70,81-83,88H,5-8,12,17-19,24,29-31,38-39,45-47,50,53,55-57,61-62,65,67-69,71-80H2,1-4H3,(H,93,94)(H,95,96)/b13-9-,14-10-,15-11-,20-16-,25-21-,26-22-,27-23-,32-28-,36-33-,37-34-,42-40-,43-41-,44-35-,51-48-,52-49-,58-54-,63-59-,64-60-,70-66-. The third-order valence-electron chi connectivity index (χ3n) is 14.6. The predicted molar refractivity (Wildman–Crippen MR) is 435 cm³/mol. The monoisotopic (exact) mass is 1510 g/mol. The van der Waals surface area contributed by atoms with E-state index in [1.165, 1.54) is 0 Å². The minimum atomic E-state index is -5.04. The van der Waals surface area contributed by atoms with Crippen LogP contribution in [-0.2, 0) is 65.4 Å². The number of hydrogen-bond acceptors (Lipinski definition) is 15. The summed E-state index contributed by atoms with van der Waals surface area (Å²) in [5.74, 6) is -2.57. The van der Waals surface area contributed by atoms with E-state index in [2.05, 4.69) is 198 Å². The Hall–Kier alpha value is -6.88. The second-order valence-corrected chi connectivity index (χ2v) is 27.4. The first-order valence-corrected chi connectivity index (χ1v) is 41.6. The Morgan fingerprint density at radius 2 is 0.547 bits per heavy atom. The number of hydrogen-bond donors (Lipinski definition) is 3. The molecule has 0 aliphatic heterocycles. The van der Waals surface area contributed by atoms with Crippen LogP contribution in [0, 0.1) is 0 Å². The Morgan fingerprint density at radius 3 is 0.877 bits per heavy atom. The van der Waals surface area contributed by atoms with Gasteiger partial charge in [0.2, 0.25) is 0 Å². The molecule has 0 aromatic heterocycles. The fraction of sp³-hybridized carbons (Fsp3) is 0.517. The van der Waals surface area contributed by atoms with E-state index in [9.17, 15) is 43.2 Å². The Kier molecular flexibility index (Phi) is 71.4. The van der Waals surface area contributed by atoms with E-state index in [-0.39, 0.29) is 25.7 Å². The molecule has 17 nitrogen and oxygen atoms in total. The summed E-state index contributed by atoms with van der Waals surface area (Å²) >= 11 is 0. The van der Waals surface area contributed by atoms with Crippen LogP contribution in [0.25, 0.3) is 0 Å². The van der Waals surface area contributed by atoms with Crippen LogP contribution in [0.3, 0.4) is 0 Å². The lowest BCUT2D eigenvalue weighted by atomic mass is 10.1. The highest BCUT2D eigenvalue weighted by Gasteiger charge is 2.30. The third-order valence-corrected chi connectivity index (χ3v) is 16.5.